The van der Waals surface area contributed by atoms with Crippen LogP contribution in [0.15, 0.2) is 12.7 Å². The van der Waals surface area contributed by atoms with E-state index >= 15 is 0 Å². The van der Waals surface area contributed by atoms with Crippen molar-refractivity contribution in [3.05, 3.63) is 22.8 Å². The summed E-state index contributed by atoms with van der Waals surface area (Å²) in [4.78, 5) is 9.59. The summed E-state index contributed by atoms with van der Waals surface area (Å²) in [6, 6.07) is 0. The molecule has 4 heteroatoms. The van der Waals surface area contributed by atoms with Crippen molar-refractivity contribution in [2.45, 2.75) is 17.7 Å². The van der Waals surface area contributed by atoms with Crippen molar-refractivity contribution in [3.8, 4) is 0 Å². The molecule has 0 N–H and O–H groups in total. The molecule has 3 nitrogen and oxygen atoms in total. The second-order valence-corrected chi connectivity index (χ2v) is 3.27. The number of nitro groups is 1. The highest BCUT2D eigenvalue weighted by atomic mass is 79.9. The molecule has 1 atom stereocenters. The first-order valence-electron chi connectivity index (χ1n) is 3.03. The third kappa shape index (κ3) is 5.75. The first-order valence-corrected chi connectivity index (χ1v) is 3.95. The Morgan fingerprint density at radius 1 is 1.80 bits per heavy atom. The van der Waals surface area contributed by atoms with Gasteiger partial charge in [0.1, 0.15) is 0 Å². The third-order valence-electron chi connectivity index (χ3n) is 1.03. The zero-order valence-electron chi connectivity index (χ0n) is 5.62. The lowest BCUT2D eigenvalue weighted by molar-refractivity contribution is -0.478. The Labute approximate surface area is 68.4 Å². The monoisotopic (exact) mass is 207 g/mol. The molecule has 0 amide bonds. The van der Waals surface area contributed by atoms with E-state index in [1.54, 1.807) is 6.08 Å². The van der Waals surface area contributed by atoms with E-state index in [0.717, 1.165) is 12.8 Å². The molecule has 0 spiro atoms. The number of halogens is 1. The van der Waals surface area contributed by atoms with Gasteiger partial charge in [-0.2, -0.15) is 0 Å². The van der Waals surface area contributed by atoms with Crippen LogP contribution in [0.3, 0.4) is 0 Å². The van der Waals surface area contributed by atoms with Crippen LogP contribution in [0, 0.1) is 10.1 Å². The van der Waals surface area contributed by atoms with E-state index in [2.05, 4.69) is 22.5 Å². The minimum absolute atomic E-state index is 0.00611. The van der Waals surface area contributed by atoms with Crippen LogP contribution in [0.5, 0.6) is 0 Å². The molecule has 0 radical (unpaired) electrons. The second kappa shape index (κ2) is 5.41. The van der Waals surface area contributed by atoms with E-state index in [1.165, 1.54) is 0 Å². The highest BCUT2D eigenvalue weighted by Gasteiger charge is 2.08. The van der Waals surface area contributed by atoms with E-state index in [4.69, 9.17) is 0 Å². The molecule has 0 heterocycles. The Hall–Kier alpha value is -0.380. The number of hydrogen-bond acceptors (Lipinski definition) is 2. The van der Waals surface area contributed by atoms with Gasteiger partial charge in [0.2, 0.25) is 6.54 Å². The molecule has 0 fully saturated rings. The standard InChI is InChI=1S/C6H10BrNO2/c1-2-3-4-6(7)5-8(9)10/h2,6H,1,3-5H2. The van der Waals surface area contributed by atoms with Crippen molar-refractivity contribution < 1.29 is 4.92 Å². The van der Waals surface area contributed by atoms with Gasteiger partial charge in [0.15, 0.2) is 0 Å². The van der Waals surface area contributed by atoms with Gasteiger partial charge in [-0.05, 0) is 12.8 Å². The lowest BCUT2D eigenvalue weighted by Crippen LogP contribution is -2.12. The van der Waals surface area contributed by atoms with E-state index in [0.29, 0.717) is 0 Å². The van der Waals surface area contributed by atoms with Crippen molar-refractivity contribution in [1.29, 1.82) is 0 Å². The fourth-order valence-corrected chi connectivity index (χ4v) is 1.05. The summed E-state index contributed by atoms with van der Waals surface area (Å²) >= 11 is 3.19. The van der Waals surface area contributed by atoms with Gasteiger partial charge in [-0.15, -0.1) is 6.58 Å². The molecule has 58 valence electrons. The van der Waals surface area contributed by atoms with Crippen molar-refractivity contribution >= 4 is 15.9 Å². The third-order valence-corrected chi connectivity index (χ3v) is 1.78. The van der Waals surface area contributed by atoms with Gasteiger partial charge in [-0.3, -0.25) is 10.1 Å². The van der Waals surface area contributed by atoms with Gasteiger partial charge >= 0.3 is 0 Å². The van der Waals surface area contributed by atoms with E-state index in [9.17, 15) is 10.1 Å². The number of alkyl halides is 1. The van der Waals surface area contributed by atoms with Crippen molar-refractivity contribution in [3.63, 3.8) is 0 Å². The Morgan fingerprint density at radius 2 is 2.40 bits per heavy atom. The van der Waals surface area contributed by atoms with Crippen LogP contribution >= 0.6 is 15.9 Å². The molecule has 0 rings (SSSR count). The number of nitrogens with zero attached hydrogens (tertiary/aromatic N) is 1. The minimum atomic E-state index is -0.317. The van der Waals surface area contributed by atoms with Crippen LogP contribution < -0.4 is 0 Å². The first-order chi connectivity index (χ1) is 4.66. The Morgan fingerprint density at radius 3 is 2.80 bits per heavy atom. The zero-order chi connectivity index (χ0) is 7.98. The Bertz CT molecular complexity index is 127. The van der Waals surface area contributed by atoms with E-state index < -0.39 is 0 Å². The molecule has 0 aliphatic carbocycles. The fourth-order valence-electron chi connectivity index (χ4n) is 0.552. The van der Waals surface area contributed by atoms with Gasteiger partial charge in [0.05, 0.1) is 4.83 Å². The normalized spacial score (nSPS) is 12.5. The maximum Gasteiger partial charge on any atom is 0.216 e. The SMILES string of the molecule is C=CCCC(Br)C[N+](=O)[O-]. The molecule has 0 aliphatic heterocycles. The lowest BCUT2D eigenvalue weighted by Gasteiger charge is -2.00. The van der Waals surface area contributed by atoms with E-state index in [1.807, 2.05) is 0 Å². The van der Waals surface area contributed by atoms with Crippen molar-refractivity contribution in [1.82, 2.24) is 0 Å². The molecular weight excluding hydrogens is 198 g/mol. The summed E-state index contributed by atoms with van der Waals surface area (Å²) in [6.07, 6.45) is 3.36. The summed E-state index contributed by atoms with van der Waals surface area (Å²) in [5.41, 5.74) is 0. The van der Waals surface area contributed by atoms with Gasteiger partial charge in [-0.1, -0.05) is 22.0 Å². The molecule has 0 aromatic heterocycles. The summed E-state index contributed by atoms with van der Waals surface area (Å²) in [5.74, 6) is 0. The molecule has 0 aromatic rings. The first kappa shape index (κ1) is 9.62. The van der Waals surface area contributed by atoms with Crippen molar-refractivity contribution in [2.24, 2.45) is 0 Å². The van der Waals surface area contributed by atoms with Crippen LogP contribution in [0.25, 0.3) is 0 Å². The number of allylic oxidation sites excluding steroid dienone is 1. The molecule has 0 saturated carbocycles. The number of rotatable bonds is 5. The Balaban J connectivity index is 3.33. The number of hydrogen-bond donors (Lipinski definition) is 0. The Kier molecular flexibility index (Phi) is 5.20. The second-order valence-electron chi connectivity index (χ2n) is 1.98. The zero-order valence-corrected chi connectivity index (χ0v) is 7.21. The largest absolute Gasteiger partial charge is 0.265 e. The predicted molar refractivity (Wildman–Crippen MR) is 44.0 cm³/mol. The molecule has 0 aliphatic rings. The van der Waals surface area contributed by atoms with Crippen LogP contribution in [0.1, 0.15) is 12.8 Å². The quantitative estimate of drug-likeness (QED) is 0.300. The average Bonchev–Trinajstić information content (AvgIpc) is 1.82. The van der Waals surface area contributed by atoms with Gasteiger partial charge < -0.3 is 0 Å². The van der Waals surface area contributed by atoms with Gasteiger partial charge in [0, 0.05) is 4.92 Å². The van der Waals surface area contributed by atoms with Crippen molar-refractivity contribution in [2.75, 3.05) is 6.54 Å². The highest BCUT2D eigenvalue weighted by molar-refractivity contribution is 9.09. The topological polar surface area (TPSA) is 43.1 Å². The van der Waals surface area contributed by atoms with Crippen LogP contribution in [0.4, 0.5) is 0 Å². The van der Waals surface area contributed by atoms with Crippen LogP contribution in [-0.4, -0.2) is 16.3 Å². The summed E-state index contributed by atoms with van der Waals surface area (Å²) in [5, 5.41) is 9.92. The van der Waals surface area contributed by atoms with Crippen LogP contribution in [-0.2, 0) is 0 Å². The maximum atomic E-state index is 9.92. The molecule has 0 aromatic carbocycles. The predicted octanol–water partition coefficient (Wildman–Crippen LogP) is 1.99. The molecule has 0 bridgehead atoms. The van der Waals surface area contributed by atoms with E-state index in [-0.39, 0.29) is 16.3 Å². The lowest BCUT2D eigenvalue weighted by atomic mass is 10.2. The fraction of sp³-hybridized carbons (Fsp3) is 0.667. The maximum absolute atomic E-state index is 9.92. The summed E-state index contributed by atoms with van der Waals surface area (Å²) in [6.45, 7) is 3.51. The van der Waals surface area contributed by atoms with Gasteiger partial charge in [-0.25, -0.2) is 0 Å². The minimum Gasteiger partial charge on any atom is -0.265 e. The average molecular weight is 208 g/mol. The summed E-state index contributed by atoms with van der Waals surface area (Å²) < 4.78 is 0. The summed E-state index contributed by atoms with van der Waals surface area (Å²) in [7, 11) is 0. The molecule has 1 unspecified atom stereocenters. The van der Waals surface area contributed by atoms with Gasteiger partial charge in [0.25, 0.3) is 0 Å². The molecular formula is C6H10BrNO2. The van der Waals surface area contributed by atoms with Crippen LogP contribution in [0.2, 0.25) is 0 Å². The smallest absolute Gasteiger partial charge is 0.216 e. The molecule has 10 heavy (non-hydrogen) atoms. The molecule has 0 saturated heterocycles. The highest BCUT2D eigenvalue weighted by Crippen LogP contribution is 2.07.